The highest BCUT2D eigenvalue weighted by atomic mass is 16.4. The van der Waals surface area contributed by atoms with E-state index in [1.165, 1.54) is 6.92 Å². The molecule has 0 aliphatic carbocycles. The zero-order valence-corrected chi connectivity index (χ0v) is 11.2. The van der Waals surface area contributed by atoms with E-state index in [0.29, 0.717) is 6.08 Å². The molecule has 0 rings (SSSR count). The van der Waals surface area contributed by atoms with Gasteiger partial charge in [0.1, 0.15) is 0 Å². The van der Waals surface area contributed by atoms with E-state index < -0.39 is 48.3 Å². The van der Waals surface area contributed by atoms with Gasteiger partial charge in [-0.3, -0.25) is 9.59 Å². The Labute approximate surface area is 122 Å². The summed E-state index contributed by atoms with van der Waals surface area (Å²) in [6.45, 7) is 1.22. The Bertz CT molecular complexity index is 486. The quantitative estimate of drug-likeness (QED) is 0.308. The highest BCUT2D eigenvalue weighted by molar-refractivity contribution is 5.94. The van der Waals surface area contributed by atoms with Crippen LogP contribution in [0.2, 0.25) is 0 Å². The van der Waals surface area contributed by atoms with Gasteiger partial charge in [-0.05, 0) is 6.92 Å². The third kappa shape index (κ3) is 9.91. The molecular weight excluding hydrogens is 308 g/mol. The summed E-state index contributed by atoms with van der Waals surface area (Å²) >= 11 is 0. The first kappa shape index (κ1) is 21.4. The highest BCUT2D eigenvalue weighted by Gasteiger charge is 2.40. The first-order valence-corrected chi connectivity index (χ1v) is 5.35. The highest BCUT2D eigenvalue weighted by Crippen LogP contribution is 2.15. The Morgan fingerprint density at radius 2 is 1.23 bits per heavy atom. The van der Waals surface area contributed by atoms with Crippen molar-refractivity contribution in [2.75, 3.05) is 0 Å². The lowest BCUT2D eigenvalue weighted by Crippen LogP contribution is -2.42. The molecule has 0 amide bonds. The minimum absolute atomic E-state index is 0.178. The molecule has 0 fully saturated rings. The monoisotopic (exact) mass is 322 g/mol. The van der Waals surface area contributed by atoms with Crippen LogP contribution in [0.5, 0.6) is 0 Å². The van der Waals surface area contributed by atoms with Gasteiger partial charge in [-0.2, -0.15) is 0 Å². The van der Waals surface area contributed by atoms with Crippen LogP contribution in [0.4, 0.5) is 0 Å². The molecule has 0 aromatic carbocycles. The molecule has 0 atom stereocenters. The summed E-state index contributed by atoms with van der Waals surface area (Å²) in [6.07, 6.45) is -1.65. The standard InChI is InChI=1S/C6H8O7.C5H6O4/c7-3(8)1-6(13,5(11)12)2-4(9)10;1-3(5(8)9)2-4(6)7/h13H,1-2H2,(H,7,8)(H,9,10)(H,11,12);2H,1H3,(H,6,7)(H,8,9). The first-order valence-electron chi connectivity index (χ1n) is 5.35. The number of carboxylic acids is 5. The lowest BCUT2D eigenvalue weighted by molar-refractivity contribution is -0.170. The van der Waals surface area contributed by atoms with E-state index in [0.717, 1.165) is 0 Å². The molecule has 11 nitrogen and oxygen atoms in total. The van der Waals surface area contributed by atoms with Gasteiger partial charge in [0.05, 0.1) is 12.8 Å². The van der Waals surface area contributed by atoms with Crippen LogP contribution in [0, 0.1) is 0 Å². The summed E-state index contributed by atoms with van der Waals surface area (Å²) in [7, 11) is 0. The van der Waals surface area contributed by atoms with Gasteiger partial charge in [0.25, 0.3) is 0 Å². The van der Waals surface area contributed by atoms with Crippen molar-refractivity contribution in [3.05, 3.63) is 11.6 Å². The summed E-state index contributed by atoms with van der Waals surface area (Å²) in [4.78, 5) is 50.2. The van der Waals surface area contributed by atoms with Crippen LogP contribution in [-0.2, 0) is 24.0 Å². The second-order valence-electron chi connectivity index (χ2n) is 3.95. The Kier molecular flexibility index (Phi) is 8.80. The number of hydrogen-bond acceptors (Lipinski definition) is 6. The molecule has 0 heterocycles. The molecule has 22 heavy (non-hydrogen) atoms. The minimum atomic E-state index is -2.74. The second kappa shape index (κ2) is 9.07. The summed E-state index contributed by atoms with van der Waals surface area (Å²) in [5.74, 6) is -7.47. The molecule has 0 saturated heterocycles. The molecule has 6 N–H and O–H groups in total. The first-order chi connectivity index (χ1) is 9.81. The van der Waals surface area contributed by atoms with Gasteiger partial charge in [0, 0.05) is 11.6 Å². The molecular formula is C11H14O11. The van der Waals surface area contributed by atoms with Crippen molar-refractivity contribution < 1.29 is 54.6 Å². The average molecular weight is 322 g/mol. The van der Waals surface area contributed by atoms with Crippen LogP contribution >= 0.6 is 0 Å². The molecule has 0 aliphatic heterocycles. The average Bonchev–Trinajstić information content (AvgIpc) is 2.25. The van der Waals surface area contributed by atoms with E-state index >= 15 is 0 Å². The van der Waals surface area contributed by atoms with E-state index in [1.54, 1.807) is 0 Å². The van der Waals surface area contributed by atoms with Crippen molar-refractivity contribution in [1.82, 2.24) is 0 Å². The largest absolute Gasteiger partial charge is 0.481 e. The van der Waals surface area contributed by atoms with E-state index in [9.17, 15) is 24.0 Å². The normalized spacial score (nSPS) is 10.9. The number of hydrogen-bond donors (Lipinski definition) is 6. The molecule has 0 saturated carbocycles. The number of aliphatic hydroxyl groups is 1. The zero-order chi connectivity index (χ0) is 18.1. The Hall–Kier alpha value is -2.95. The molecule has 0 unspecified atom stereocenters. The minimum Gasteiger partial charge on any atom is -0.481 e. The van der Waals surface area contributed by atoms with Gasteiger partial charge >= 0.3 is 29.8 Å². The molecule has 0 aliphatic rings. The van der Waals surface area contributed by atoms with E-state index in [4.69, 9.17) is 30.6 Å². The maximum Gasteiger partial charge on any atom is 0.336 e. The van der Waals surface area contributed by atoms with Crippen LogP contribution in [0.25, 0.3) is 0 Å². The number of carbonyl (C=O) groups is 5. The number of aliphatic carboxylic acids is 5. The molecule has 0 spiro atoms. The van der Waals surface area contributed by atoms with Gasteiger partial charge in [-0.1, -0.05) is 0 Å². The van der Waals surface area contributed by atoms with Crippen LogP contribution < -0.4 is 0 Å². The third-order valence-electron chi connectivity index (χ3n) is 1.96. The fraction of sp³-hybridized carbons (Fsp3) is 0.364. The lowest BCUT2D eigenvalue weighted by Gasteiger charge is -2.18. The van der Waals surface area contributed by atoms with Crippen LogP contribution in [-0.4, -0.2) is 66.1 Å². The van der Waals surface area contributed by atoms with Crippen molar-refractivity contribution in [2.45, 2.75) is 25.4 Å². The van der Waals surface area contributed by atoms with Crippen LogP contribution in [0.1, 0.15) is 19.8 Å². The Balaban J connectivity index is 0. The van der Waals surface area contributed by atoms with Crippen molar-refractivity contribution in [3.63, 3.8) is 0 Å². The fourth-order valence-electron chi connectivity index (χ4n) is 0.961. The maximum atomic E-state index is 10.3. The molecule has 11 heteroatoms. The van der Waals surface area contributed by atoms with E-state index in [-0.39, 0.29) is 5.57 Å². The lowest BCUT2D eigenvalue weighted by atomic mass is 9.96. The number of rotatable bonds is 7. The molecule has 0 aromatic rings. The van der Waals surface area contributed by atoms with Gasteiger partial charge in [-0.25, -0.2) is 14.4 Å². The third-order valence-corrected chi connectivity index (χ3v) is 1.96. The number of carboxylic acid groups (broad SMARTS) is 5. The summed E-state index contributed by atoms with van der Waals surface area (Å²) in [6, 6.07) is 0. The Morgan fingerprint density at radius 1 is 0.864 bits per heavy atom. The topological polar surface area (TPSA) is 207 Å². The predicted molar refractivity (Wildman–Crippen MR) is 66.1 cm³/mol. The maximum absolute atomic E-state index is 10.3. The van der Waals surface area contributed by atoms with Gasteiger partial charge in [0.2, 0.25) is 0 Å². The summed E-state index contributed by atoms with van der Waals surface area (Å²) in [5.41, 5.74) is -2.92. The fourth-order valence-corrected chi connectivity index (χ4v) is 0.961. The van der Waals surface area contributed by atoms with Crippen molar-refractivity contribution in [2.24, 2.45) is 0 Å². The van der Waals surface area contributed by atoms with Gasteiger partial charge in [0.15, 0.2) is 5.60 Å². The van der Waals surface area contributed by atoms with Crippen molar-refractivity contribution in [1.29, 1.82) is 0 Å². The van der Waals surface area contributed by atoms with Crippen molar-refractivity contribution >= 4 is 29.8 Å². The molecule has 0 aromatic heterocycles. The molecule has 124 valence electrons. The second-order valence-corrected chi connectivity index (χ2v) is 3.95. The SMILES string of the molecule is CC(=CC(=O)O)C(=O)O.O=C(O)CC(O)(CC(=O)O)C(=O)O. The predicted octanol–water partition coefficient (Wildman–Crippen LogP) is -1.15. The van der Waals surface area contributed by atoms with Gasteiger partial charge in [-0.15, -0.1) is 0 Å². The molecule has 0 radical (unpaired) electrons. The van der Waals surface area contributed by atoms with E-state index in [2.05, 4.69) is 0 Å². The summed E-state index contributed by atoms with van der Waals surface area (Å²) in [5, 5.41) is 49.9. The van der Waals surface area contributed by atoms with Crippen LogP contribution in [0.15, 0.2) is 11.6 Å². The summed E-state index contributed by atoms with van der Waals surface area (Å²) < 4.78 is 0. The smallest absolute Gasteiger partial charge is 0.336 e. The Morgan fingerprint density at radius 3 is 1.36 bits per heavy atom. The van der Waals surface area contributed by atoms with E-state index in [1.807, 2.05) is 0 Å². The van der Waals surface area contributed by atoms with Gasteiger partial charge < -0.3 is 30.6 Å². The zero-order valence-electron chi connectivity index (χ0n) is 11.2. The molecule has 0 bridgehead atoms. The van der Waals surface area contributed by atoms with Crippen LogP contribution in [0.3, 0.4) is 0 Å². The van der Waals surface area contributed by atoms with Crippen molar-refractivity contribution in [3.8, 4) is 0 Å².